The van der Waals surface area contributed by atoms with Crippen molar-refractivity contribution in [1.29, 1.82) is 0 Å². The molecule has 6 nitrogen and oxygen atoms in total. The number of benzene rings is 2. The summed E-state index contributed by atoms with van der Waals surface area (Å²) in [7, 11) is 0. The first-order chi connectivity index (χ1) is 16.7. The maximum absolute atomic E-state index is 13.9. The van der Waals surface area contributed by atoms with Gasteiger partial charge >= 0.3 is 6.18 Å². The molecule has 2 aromatic carbocycles. The van der Waals surface area contributed by atoms with Crippen LogP contribution in [0.3, 0.4) is 0 Å². The van der Waals surface area contributed by atoms with E-state index < -0.39 is 17.3 Å². The topological polar surface area (TPSA) is 81.2 Å². The lowest BCUT2D eigenvalue weighted by molar-refractivity contribution is -0.138. The predicted octanol–water partition coefficient (Wildman–Crippen LogP) is 6.57. The van der Waals surface area contributed by atoms with Gasteiger partial charge in [-0.25, -0.2) is 9.97 Å². The lowest BCUT2D eigenvalue weighted by Gasteiger charge is -2.19. The Morgan fingerprint density at radius 2 is 2.03 bits per heavy atom. The smallest absolute Gasteiger partial charge is 0.416 e. The van der Waals surface area contributed by atoms with E-state index in [-0.39, 0.29) is 45.6 Å². The third kappa shape index (κ3) is 3.59. The molecule has 6 rings (SSSR count). The minimum Gasteiger partial charge on any atom is -0.505 e. The summed E-state index contributed by atoms with van der Waals surface area (Å²) in [6.07, 6.45) is -0.639. The van der Waals surface area contributed by atoms with Crippen LogP contribution in [0.4, 0.5) is 13.2 Å². The van der Waals surface area contributed by atoms with Crippen LogP contribution in [-0.2, 0) is 12.7 Å². The lowest BCUT2D eigenvalue weighted by atomic mass is 9.95. The minimum atomic E-state index is -4.55. The molecule has 0 bridgehead atoms. The monoisotopic (exact) mass is 517 g/mol. The highest BCUT2D eigenvalue weighted by Gasteiger charge is 2.40. The molecule has 0 spiro atoms. The van der Waals surface area contributed by atoms with E-state index in [2.05, 4.69) is 9.97 Å². The minimum absolute atomic E-state index is 0.0750. The van der Waals surface area contributed by atoms with Gasteiger partial charge < -0.3 is 9.52 Å². The highest BCUT2D eigenvalue weighted by atomic mass is 35.5. The molecule has 1 N–H and O–H groups in total. The molecule has 0 atom stereocenters. The van der Waals surface area contributed by atoms with Gasteiger partial charge in [0.05, 0.1) is 33.4 Å². The van der Waals surface area contributed by atoms with Gasteiger partial charge in [-0.3, -0.25) is 9.36 Å². The second kappa shape index (κ2) is 7.82. The Morgan fingerprint density at radius 1 is 1.23 bits per heavy atom. The number of hydrogen-bond acceptors (Lipinski definition) is 6. The van der Waals surface area contributed by atoms with Gasteiger partial charge in [0.25, 0.3) is 5.56 Å². The van der Waals surface area contributed by atoms with Crippen LogP contribution in [-0.4, -0.2) is 19.6 Å². The largest absolute Gasteiger partial charge is 0.505 e. The van der Waals surface area contributed by atoms with Crippen molar-refractivity contribution < 1.29 is 22.7 Å². The number of alkyl halides is 3. The van der Waals surface area contributed by atoms with E-state index >= 15 is 0 Å². The molecule has 0 amide bonds. The number of hydrogen-bond donors (Lipinski definition) is 1. The van der Waals surface area contributed by atoms with Gasteiger partial charge in [0.2, 0.25) is 0 Å². The van der Waals surface area contributed by atoms with Gasteiger partial charge in [-0.05, 0) is 36.5 Å². The number of aromatic hydroxyl groups is 1. The summed E-state index contributed by atoms with van der Waals surface area (Å²) < 4.78 is 48.8. The van der Waals surface area contributed by atoms with Crippen LogP contribution in [0, 0.1) is 0 Å². The summed E-state index contributed by atoms with van der Waals surface area (Å²) in [4.78, 5) is 22.7. The van der Waals surface area contributed by atoms with E-state index in [1.807, 2.05) is 0 Å². The van der Waals surface area contributed by atoms with E-state index in [4.69, 9.17) is 16.0 Å². The number of phenolic OH excluding ortho intramolecular Hbond substituents is 1. The molecule has 0 radical (unpaired) electrons. The Morgan fingerprint density at radius 3 is 2.71 bits per heavy atom. The Balaban J connectivity index is 1.71. The molecule has 1 saturated carbocycles. The zero-order valence-corrected chi connectivity index (χ0v) is 19.3. The van der Waals surface area contributed by atoms with Crippen LogP contribution >= 0.6 is 22.9 Å². The first-order valence-corrected chi connectivity index (χ1v) is 11.9. The molecule has 35 heavy (non-hydrogen) atoms. The van der Waals surface area contributed by atoms with Crippen LogP contribution < -0.4 is 5.56 Å². The number of rotatable bonds is 4. The Labute approximate surface area is 204 Å². The maximum atomic E-state index is 13.9. The van der Waals surface area contributed by atoms with Crippen molar-refractivity contribution in [3.63, 3.8) is 0 Å². The molecule has 3 heterocycles. The fourth-order valence-corrected chi connectivity index (χ4v) is 5.76. The number of halogens is 4. The molecular formula is C24H15ClF3N3O3S. The van der Waals surface area contributed by atoms with E-state index in [1.165, 1.54) is 29.3 Å². The Hall–Kier alpha value is -3.37. The third-order valence-corrected chi connectivity index (χ3v) is 7.53. The van der Waals surface area contributed by atoms with Gasteiger partial charge in [-0.15, -0.1) is 11.3 Å². The predicted molar refractivity (Wildman–Crippen MR) is 126 cm³/mol. The maximum Gasteiger partial charge on any atom is 0.416 e. The van der Waals surface area contributed by atoms with E-state index in [0.29, 0.717) is 33.5 Å². The average molecular weight is 518 g/mol. The van der Waals surface area contributed by atoms with Gasteiger partial charge in [0.1, 0.15) is 16.4 Å². The number of aromatic nitrogens is 3. The summed E-state index contributed by atoms with van der Waals surface area (Å²) in [5.41, 5.74) is -0.794. The molecule has 5 aromatic rings. The highest BCUT2D eigenvalue weighted by molar-refractivity contribution is 7.25. The van der Waals surface area contributed by atoms with Crippen molar-refractivity contribution in [3.8, 4) is 17.1 Å². The molecule has 0 aliphatic heterocycles. The molecule has 0 saturated heterocycles. The summed E-state index contributed by atoms with van der Waals surface area (Å²) in [6, 6.07) is 7.06. The van der Waals surface area contributed by atoms with Gasteiger partial charge in [0, 0.05) is 10.9 Å². The molecular weight excluding hydrogens is 503 g/mol. The highest BCUT2D eigenvalue weighted by Crippen LogP contribution is 2.50. The summed E-state index contributed by atoms with van der Waals surface area (Å²) >= 11 is 7.12. The lowest BCUT2D eigenvalue weighted by Crippen LogP contribution is -2.24. The molecule has 11 heteroatoms. The van der Waals surface area contributed by atoms with Crippen molar-refractivity contribution >= 4 is 43.2 Å². The zero-order chi connectivity index (χ0) is 24.5. The number of fused-ring (bicyclic) bond motifs is 3. The van der Waals surface area contributed by atoms with Crippen LogP contribution in [0.2, 0.25) is 5.02 Å². The summed E-state index contributed by atoms with van der Waals surface area (Å²) in [5, 5.41) is 11.3. The number of oxazole rings is 1. The van der Waals surface area contributed by atoms with Gasteiger partial charge in [-0.2, -0.15) is 13.2 Å². The SMILES string of the molecule is O=c1c2c(nc(-c3cccc(C(F)(F)F)c3C3CC3)n1Cc1cnco1)sc1c(O)c(Cl)ccc12. The first kappa shape index (κ1) is 22.1. The molecule has 1 aliphatic rings. The second-order valence-electron chi connectivity index (χ2n) is 8.39. The van der Waals surface area contributed by atoms with Crippen molar-refractivity contribution in [3.05, 3.63) is 75.2 Å². The van der Waals surface area contributed by atoms with Crippen molar-refractivity contribution in [2.75, 3.05) is 0 Å². The number of phenols is 1. The van der Waals surface area contributed by atoms with Crippen molar-refractivity contribution in [1.82, 2.24) is 14.5 Å². The number of nitrogens with zero attached hydrogens (tertiary/aromatic N) is 3. The third-order valence-electron chi connectivity index (χ3n) is 6.12. The van der Waals surface area contributed by atoms with Crippen LogP contribution in [0.15, 0.2) is 52.1 Å². The summed E-state index contributed by atoms with van der Waals surface area (Å²) in [6.45, 7) is -0.0750. The van der Waals surface area contributed by atoms with E-state index in [0.717, 1.165) is 17.4 Å². The Kier molecular flexibility index (Phi) is 4.94. The van der Waals surface area contributed by atoms with Gasteiger partial charge in [0.15, 0.2) is 12.1 Å². The normalized spacial score (nSPS) is 14.3. The zero-order valence-electron chi connectivity index (χ0n) is 17.8. The molecule has 1 aliphatic carbocycles. The molecule has 0 unspecified atom stereocenters. The second-order valence-corrected chi connectivity index (χ2v) is 9.79. The quantitative estimate of drug-likeness (QED) is 0.291. The van der Waals surface area contributed by atoms with Crippen molar-refractivity contribution in [2.24, 2.45) is 0 Å². The van der Waals surface area contributed by atoms with Crippen LogP contribution in [0.1, 0.15) is 35.6 Å². The van der Waals surface area contributed by atoms with Gasteiger partial charge in [-0.1, -0.05) is 29.8 Å². The molecule has 1 fully saturated rings. The van der Waals surface area contributed by atoms with Crippen molar-refractivity contribution in [2.45, 2.75) is 31.5 Å². The molecule has 178 valence electrons. The summed E-state index contributed by atoms with van der Waals surface area (Å²) in [5.74, 6) is 0.0102. The Bertz CT molecular complexity index is 1670. The average Bonchev–Trinajstić information content (AvgIpc) is 3.39. The number of thiophene rings is 1. The molecule has 3 aromatic heterocycles. The van der Waals surface area contributed by atoms with Crippen LogP contribution in [0.5, 0.6) is 5.75 Å². The van der Waals surface area contributed by atoms with Crippen LogP contribution in [0.25, 0.3) is 31.7 Å². The van der Waals surface area contributed by atoms with E-state index in [9.17, 15) is 23.1 Å². The fraction of sp³-hybridized carbons (Fsp3) is 0.208. The fourth-order valence-electron chi connectivity index (χ4n) is 4.43. The standard InChI is InChI=1S/C24H15ClF3N3O3S/c25-16-7-6-13-18-22(35-20(13)19(16)32)30-21(31(23(18)33)9-12-8-29-10-34-12)14-2-1-3-15(24(26,27)28)17(14)11-4-5-11/h1-3,6-8,10-11,32H,4-5,9H2. The van der Waals surface area contributed by atoms with E-state index in [1.54, 1.807) is 12.1 Å². The first-order valence-electron chi connectivity index (χ1n) is 10.7.